The van der Waals surface area contributed by atoms with E-state index in [4.69, 9.17) is 14.2 Å². The van der Waals surface area contributed by atoms with Gasteiger partial charge in [-0.25, -0.2) is 9.59 Å². The van der Waals surface area contributed by atoms with Gasteiger partial charge >= 0.3 is 12.1 Å². The Hall–Kier alpha value is -3.92. The van der Waals surface area contributed by atoms with Gasteiger partial charge in [0.05, 0.1) is 25.4 Å². The molecule has 5 rings (SSSR count). The van der Waals surface area contributed by atoms with Crippen LogP contribution < -0.4 is 10.6 Å². The first-order valence-corrected chi connectivity index (χ1v) is 14.5. The highest BCUT2D eigenvalue weighted by Gasteiger charge is 2.44. The van der Waals surface area contributed by atoms with E-state index in [9.17, 15) is 19.2 Å². The minimum atomic E-state index is -1.02. The third-order valence-electron chi connectivity index (χ3n) is 8.14. The summed E-state index contributed by atoms with van der Waals surface area (Å²) in [6.07, 6.45) is -0.103. The molecule has 0 saturated carbocycles. The maximum atomic E-state index is 13.6. The third-order valence-corrected chi connectivity index (χ3v) is 8.14. The number of likely N-dealkylation sites (tertiary alicyclic amines) is 1. The molecule has 2 saturated heterocycles. The van der Waals surface area contributed by atoms with E-state index in [0.717, 1.165) is 22.3 Å². The van der Waals surface area contributed by atoms with Gasteiger partial charge in [-0.05, 0) is 55.9 Å². The zero-order chi connectivity index (χ0) is 30.0. The van der Waals surface area contributed by atoms with Crippen molar-refractivity contribution < 1.29 is 33.4 Å². The molecule has 2 unspecified atom stereocenters. The maximum absolute atomic E-state index is 13.6. The SMILES string of the molecule is COC(=O)[C@H](C[C@@H]1CCNC1=O)NC(=O)C1CC(OC(C)(C)C)CN1C(=O)OCC1c2ccccc2-c2ccccc21. The number of rotatable bonds is 8. The van der Waals surface area contributed by atoms with Crippen LogP contribution in [0.2, 0.25) is 0 Å². The molecule has 2 aliphatic heterocycles. The van der Waals surface area contributed by atoms with Crippen molar-refractivity contribution in [2.45, 2.75) is 69.7 Å². The summed E-state index contributed by atoms with van der Waals surface area (Å²) in [7, 11) is 1.24. The lowest BCUT2D eigenvalue weighted by atomic mass is 9.98. The van der Waals surface area contributed by atoms with Gasteiger partial charge in [0.25, 0.3) is 0 Å². The molecule has 2 heterocycles. The molecular weight excluding hydrogens is 538 g/mol. The number of methoxy groups -OCH3 is 1. The Morgan fingerprint density at radius 2 is 1.69 bits per heavy atom. The lowest BCUT2D eigenvalue weighted by Gasteiger charge is -2.26. The second-order valence-corrected chi connectivity index (χ2v) is 12.2. The lowest BCUT2D eigenvalue weighted by Crippen LogP contribution is -2.52. The molecule has 0 aromatic heterocycles. The van der Waals surface area contributed by atoms with Crippen LogP contribution in [0.1, 0.15) is 57.1 Å². The van der Waals surface area contributed by atoms with Crippen LogP contribution in [0, 0.1) is 5.92 Å². The zero-order valence-corrected chi connectivity index (χ0v) is 24.6. The molecule has 10 heteroatoms. The molecule has 2 aromatic carbocycles. The van der Waals surface area contributed by atoms with Gasteiger partial charge in [0.2, 0.25) is 11.8 Å². The first kappa shape index (κ1) is 29.6. The maximum Gasteiger partial charge on any atom is 0.410 e. The first-order chi connectivity index (χ1) is 20.1. The van der Waals surface area contributed by atoms with Crippen LogP contribution >= 0.6 is 0 Å². The lowest BCUT2D eigenvalue weighted by molar-refractivity contribution is -0.146. The molecule has 2 fully saturated rings. The van der Waals surface area contributed by atoms with Crippen LogP contribution in [0.4, 0.5) is 4.79 Å². The fraction of sp³-hybridized carbons (Fsp3) is 0.500. The molecule has 42 heavy (non-hydrogen) atoms. The molecule has 1 aliphatic carbocycles. The van der Waals surface area contributed by atoms with Gasteiger partial charge in [-0.1, -0.05) is 48.5 Å². The van der Waals surface area contributed by atoms with Crippen molar-refractivity contribution in [2.75, 3.05) is 26.8 Å². The summed E-state index contributed by atoms with van der Waals surface area (Å²) in [6, 6.07) is 14.2. The van der Waals surface area contributed by atoms with E-state index >= 15 is 0 Å². The highest BCUT2D eigenvalue weighted by Crippen LogP contribution is 2.44. The summed E-state index contributed by atoms with van der Waals surface area (Å²) in [6.45, 7) is 6.55. The van der Waals surface area contributed by atoms with Gasteiger partial charge in [0, 0.05) is 24.8 Å². The number of hydrogen-bond donors (Lipinski definition) is 2. The highest BCUT2D eigenvalue weighted by atomic mass is 16.6. The molecule has 0 radical (unpaired) electrons. The number of benzene rings is 2. The number of carbonyl (C=O) groups excluding carboxylic acids is 4. The smallest absolute Gasteiger partial charge is 0.410 e. The Kier molecular flexibility index (Phi) is 8.54. The van der Waals surface area contributed by atoms with Crippen LogP contribution in [0.25, 0.3) is 11.1 Å². The molecule has 224 valence electrons. The summed E-state index contributed by atoms with van der Waals surface area (Å²) in [5.41, 5.74) is 3.93. The van der Waals surface area contributed by atoms with Gasteiger partial charge in [-0.3, -0.25) is 14.5 Å². The summed E-state index contributed by atoms with van der Waals surface area (Å²) in [5, 5.41) is 5.50. The first-order valence-electron chi connectivity index (χ1n) is 14.5. The van der Waals surface area contributed by atoms with Gasteiger partial charge < -0.3 is 24.8 Å². The Morgan fingerprint density at radius 1 is 1.05 bits per heavy atom. The molecule has 3 amide bonds. The normalized spacial score (nSPS) is 22.2. The molecule has 4 atom stereocenters. The third kappa shape index (κ3) is 6.28. The molecule has 0 spiro atoms. The minimum absolute atomic E-state index is 0.115. The summed E-state index contributed by atoms with van der Waals surface area (Å²) in [5.74, 6) is -1.85. The Labute approximate surface area is 246 Å². The molecule has 2 aromatic rings. The number of nitrogens with zero attached hydrogens (tertiary/aromatic N) is 1. The standard InChI is InChI=1S/C32H39N3O7/c1-32(2,3)42-20-16-27(29(37)34-26(30(38)40-4)15-19-13-14-33-28(19)36)35(17-20)31(39)41-18-25-23-11-7-5-9-21(23)22-10-6-8-12-24(22)25/h5-12,19-20,25-27H,13-18H2,1-4H3,(H,33,36)(H,34,37)/t19-,20?,26-,27?/m0/s1. The second kappa shape index (κ2) is 12.1. The van der Waals surface area contributed by atoms with Crippen molar-refractivity contribution in [3.05, 3.63) is 59.7 Å². The van der Waals surface area contributed by atoms with Crippen LogP contribution in [0.15, 0.2) is 48.5 Å². The Bertz CT molecular complexity index is 1310. The van der Waals surface area contributed by atoms with Crippen molar-refractivity contribution >= 4 is 23.9 Å². The summed E-state index contributed by atoms with van der Waals surface area (Å²) < 4.78 is 17.0. The summed E-state index contributed by atoms with van der Waals surface area (Å²) in [4.78, 5) is 53.3. The van der Waals surface area contributed by atoms with E-state index in [2.05, 4.69) is 22.8 Å². The van der Waals surface area contributed by atoms with E-state index in [0.29, 0.717) is 13.0 Å². The molecule has 2 N–H and O–H groups in total. The number of amides is 3. The van der Waals surface area contributed by atoms with Crippen molar-refractivity contribution in [2.24, 2.45) is 5.92 Å². The number of hydrogen-bond acceptors (Lipinski definition) is 7. The fourth-order valence-corrected chi connectivity index (χ4v) is 6.29. The quantitative estimate of drug-likeness (QED) is 0.461. The molecular formula is C32H39N3O7. The van der Waals surface area contributed by atoms with Crippen molar-refractivity contribution in [3.8, 4) is 11.1 Å². The van der Waals surface area contributed by atoms with E-state index in [1.54, 1.807) is 0 Å². The topological polar surface area (TPSA) is 123 Å². The second-order valence-electron chi connectivity index (χ2n) is 12.2. The van der Waals surface area contributed by atoms with Gasteiger partial charge in [-0.15, -0.1) is 0 Å². The van der Waals surface area contributed by atoms with E-state index < -0.39 is 47.7 Å². The highest BCUT2D eigenvalue weighted by molar-refractivity contribution is 5.91. The van der Waals surface area contributed by atoms with Crippen molar-refractivity contribution in [1.82, 2.24) is 15.5 Å². The van der Waals surface area contributed by atoms with Gasteiger partial charge in [0.1, 0.15) is 18.7 Å². The number of ether oxygens (including phenoxy) is 3. The predicted molar refractivity (Wildman–Crippen MR) is 154 cm³/mol. The van der Waals surface area contributed by atoms with Crippen LogP contribution in [-0.4, -0.2) is 79.4 Å². The molecule has 3 aliphatic rings. The average Bonchev–Trinajstić information content (AvgIpc) is 3.65. The van der Waals surface area contributed by atoms with E-state index in [-0.39, 0.29) is 37.8 Å². The number of nitrogens with one attached hydrogen (secondary N) is 2. The summed E-state index contributed by atoms with van der Waals surface area (Å²) >= 11 is 0. The van der Waals surface area contributed by atoms with E-state index in [1.165, 1.54) is 12.0 Å². The Morgan fingerprint density at radius 3 is 2.26 bits per heavy atom. The monoisotopic (exact) mass is 577 g/mol. The molecule has 10 nitrogen and oxygen atoms in total. The number of fused-ring (bicyclic) bond motifs is 3. The fourth-order valence-electron chi connectivity index (χ4n) is 6.29. The van der Waals surface area contributed by atoms with Crippen LogP contribution in [0.3, 0.4) is 0 Å². The van der Waals surface area contributed by atoms with E-state index in [1.807, 2.05) is 57.2 Å². The van der Waals surface area contributed by atoms with Crippen molar-refractivity contribution in [3.63, 3.8) is 0 Å². The number of esters is 1. The van der Waals surface area contributed by atoms with Crippen LogP contribution in [0.5, 0.6) is 0 Å². The molecule has 0 bridgehead atoms. The average molecular weight is 578 g/mol. The van der Waals surface area contributed by atoms with Crippen molar-refractivity contribution in [1.29, 1.82) is 0 Å². The zero-order valence-electron chi connectivity index (χ0n) is 24.6. The Balaban J connectivity index is 1.31. The number of carbonyl (C=O) groups is 4. The minimum Gasteiger partial charge on any atom is -0.467 e. The van der Waals surface area contributed by atoms with Gasteiger partial charge in [0.15, 0.2) is 0 Å². The predicted octanol–water partition coefficient (Wildman–Crippen LogP) is 3.38. The van der Waals surface area contributed by atoms with Gasteiger partial charge in [-0.2, -0.15) is 0 Å². The van der Waals surface area contributed by atoms with Crippen LogP contribution in [-0.2, 0) is 28.6 Å². The largest absolute Gasteiger partial charge is 0.467 e.